The van der Waals surface area contributed by atoms with Gasteiger partial charge >= 0.3 is 0 Å². The summed E-state index contributed by atoms with van der Waals surface area (Å²) in [4.78, 5) is 0. The Labute approximate surface area is 357 Å². The number of hydrogen-bond donors (Lipinski definition) is 0. The second-order valence-corrected chi connectivity index (χ2v) is 16.8. The molecule has 294 valence electrons. The van der Waals surface area contributed by atoms with E-state index >= 15 is 0 Å². The minimum absolute atomic E-state index is 0.397. The van der Waals surface area contributed by atoms with Crippen LogP contribution in [-0.4, -0.2) is 9.13 Å². The Kier molecular flexibility index (Phi) is 7.53. The molecule has 1 unspecified atom stereocenters. The lowest BCUT2D eigenvalue weighted by Crippen LogP contribution is -1.94. The first-order valence-corrected chi connectivity index (χ1v) is 21.6. The van der Waals surface area contributed by atoms with E-state index < -0.39 is 0 Å². The first-order valence-electron chi connectivity index (χ1n) is 21.6. The van der Waals surface area contributed by atoms with Crippen molar-refractivity contribution in [2.75, 3.05) is 0 Å². The third-order valence-electron chi connectivity index (χ3n) is 13.4. The molecule has 13 rings (SSSR count). The summed E-state index contributed by atoms with van der Waals surface area (Å²) in [5.74, 6) is 0.397. The molecule has 0 N–H and O–H groups in total. The van der Waals surface area contributed by atoms with Gasteiger partial charge < -0.3 is 18.0 Å². The molecular weight excluding hydrogens is 757 g/mol. The van der Waals surface area contributed by atoms with Gasteiger partial charge in [-0.1, -0.05) is 135 Å². The van der Waals surface area contributed by atoms with Gasteiger partial charge in [0.25, 0.3) is 0 Å². The molecule has 4 heterocycles. The van der Waals surface area contributed by atoms with Crippen molar-refractivity contribution in [2.24, 2.45) is 0 Å². The van der Waals surface area contributed by atoms with Crippen molar-refractivity contribution >= 4 is 87.5 Å². The predicted molar refractivity (Wildman–Crippen MR) is 259 cm³/mol. The monoisotopic (exact) mass is 796 g/mol. The summed E-state index contributed by atoms with van der Waals surface area (Å²) in [7, 11) is 0. The highest BCUT2D eigenvalue weighted by Crippen LogP contribution is 2.42. The van der Waals surface area contributed by atoms with Crippen molar-refractivity contribution in [2.45, 2.75) is 26.2 Å². The van der Waals surface area contributed by atoms with Crippen molar-refractivity contribution in [3.63, 3.8) is 0 Å². The molecule has 62 heavy (non-hydrogen) atoms. The molecule has 9 aromatic carbocycles. The summed E-state index contributed by atoms with van der Waals surface area (Å²) < 4.78 is 18.3. The van der Waals surface area contributed by atoms with Crippen molar-refractivity contribution in [3.05, 3.63) is 194 Å². The van der Waals surface area contributed by atoms with Gasteiger partial charge in [-0.05, 0) is 107 Å². The Hall–Kier alpha value is -7.82. The summed E-state index contributed by atoms with van der Waals surface area (Å²) in [5.41, 5.74) is 16.4. The second kappa shape index (κ2) is 13.3. The van der Waals surface area contributed by atoms with E-state index in [0.717, 1.165) is 61.7 Å². The van der Waals surface area contributed by atoms with Crippen LogP contribution in [0.1, 0.15) is 31.7 Å². The van der Waals surface area contributed by atoms with E-state index in [1.807, 2.05) is 0 Å². The summed E-state index contributed by atoms with van der Waals surface area (Å²) in [6, 6.07) is 68.1. The second-order valence-electron chi connectivity index (χ2n) is 16.8. The van der Waals surface area contributed by atoms with Gasteiger partial charge in [-0.15, -0.1) is 0 Å². The van der Waals surface area contributed by atoms with Crippen LogP contribution >= 0.6 is 0 Å². The summed E-state index contributed by atoms with van der Waals surface area (Å²) >= 11 is 0. The third-order valence-corrected chi connectivity index (χ3v) is 13.4. The van der Waals surface area contributed by atoms with Gasteiger partial charge in [-0.2, -0.15) is 0 Å². The lowest BCUT2D eigenvalue weighted by Gasteiger charge is -2.15. The smallest absolute Gasteiger partial charge is 0.159 e. The van der Waals surface area contributed by atoms with E-state index in [1.54, 1.807) is 0 Å². The Balaban J connectivity index is 0.953. The van der Waals surface area contributed by atoms with Gasteiger partial charge in [0.05, 0.1) is 33.4 Å². The highest BCUT2D eigenvalue weighted by molar-refractivity contribution is 6.15. The zero-order chi connectivity index (χ0) is 41.1. The van der Waals surface area contributed by atoms with Crippen molar-refractivity contribution in [3.8, 4) is 33.6 Å². The minimum Gasteiger partial charge on any atom is -0.454 e. The Morgan fingerprint density at radius 1 is 0.371 bits per heavy atom. The van der Waals surface area contributed by atoms with Crippen LogP contribution in [-0.2, 0) is 0 Å². The zero-order valence-corrected chi connectivity index (χ0v) is 34.4. The maximum atomic E-state index is 6.78. The maximum Gasteiger partial charge on any atom is 0.159 e. The maximum absolute atomic E-state index is 6.78. The molecule has 13 aromatic rings. The number of furan rings is 2. The molecule has 0 aliphatic carbocycles. The first-order chi connectivity index (χ1) is 30.6. The standard InChI is InChI=1S/C58H40N2O2/c1-3-35(2)38-30-39(36-26-28-55-47(33-36)45-18-12-24-53(57(45)61-55)59-49-20-8-4-14-41(49)42-15-5-9-21-50(42)59)32-40(31-38)37-27-29-56-48(34-37)46-19-13-25-54(58(46)62-56)60-51-22-10-6-16-43(51)44-17-7-11-23-52(44)60/h4-35H,3H2,1-2H3. The van der Waals surface area contributed by atoms with Crippen LogP contribution < -0.4 is 0 Å². The molecule has 4 aromatic heterocycles. The quantitative estimate of drug-likeness (QED) is 0.168. The van der Waals surface area contributed by atoms with Crippen molar-refractivity contribution in [1.82, 2.24) is 9.13 Å². The van der Waals surface area contributed by atoms with Gasteiger partial charge in [0.1, 0.15) is 11.2 Å². The molecule has 0 bridgehead atoms. The largest absolute Gasteiger partial charge is 0.454 e. The Morgan fingerprint density at radius 2 is 0.758 bits per heavy atom. The molecule has 0 amide bonds. The fourth-order valence-corrected chi connectivity index (χ4v) is 10.1. The van der Waals surface area contributed by atoms with Gasteiger partial charge in [0.2, 0.25) is 0 Å². The molecule has 0 fully saturated rings. The molecule has 1 atom stereocenters. The number of fused-ring (bicyclic) bond motifs is 12. The van der Waals surface area contributed by atoms with Gasteiger partial charge in [0, 0.05) is 43.1 Å². The summed E-state index contributed by atoms with van der Waals surface area (Å²) in [6.45, 7) is 4.60. The Bertz CT molecular complexity index is 3590. The number of aromatic nitrogens is 2. The van der Waals surface area contributed by atoms with Crippen LogP contribution in [0.15, 0.2) is 197 Å². The zero-order valence-electron chi connectivity index (χ0n) is 34.4. The Morgan fingerprint density at radius 3 is 1.16 bits per heavy atom. The average molecular weight is 797 g/mol. The third kappa shape index (κ3) is 5.07. The van der Waals surface area contributed by atoms with Gasteiger partial charge in [-0.25, -0.2) is 0 Å². The number of hydrogen-bond acceptors (Lipinski definition) is 2. The number of benzene rings is 9. The van der Waals surface area contributed by atoms with Crippen LogP contribution in [0.5, 0.6) is 0 Å². The van der Waals surface area contributed by atoms with Gasteiger partial charge in [-0.3, -0.25) is 0 Å². The van der Waals surface area contributed by atoms with Crippen LogP contribution in [0.4, 0.5) is 0 Å². The molecule has 0 saturated carbocycles. The summed E-state index contributed by atoms with van der Waals surface area (Å²) in [5, 5.41) is 9.38. The van der Waals surface area contributed by atoms with Crippen LogP contribution in [0.25, 0.3) is 121 Å². The predicted octanol–water partition coefficient (Wildman–Crippen LogP) is 16.5. The first kappa shape index (κ1) is 35.0. The molecule has 0 radical (unpaired) electrons. The lowest BCUT2D eigenvalue weighted by molar-refractivity contribution is 0.666. The fraction of sp³-hybridized carbons (Fsp3) is 0.0690. The SMILES string of the molecule is CCC(C)c1cc(-c2ccc3oc4c(-n5c6ccccc6c6ccccc65)cccc4c3c2)cc(-c2ccc3oc4c(-n5c6ccccc6c6ccccc65)cccc4c3c2)c1. The fourth-order valence-electron chi connectivity index (χ4n) is 10.1. The highest BCUT2D eigenvalue weighted by Gasteiger charge is 2.20. The molecule has 0 aliphatic rings. The van der Waals surface area contributed by atoms with E-state index in [1.165, 1.54) is 71.4 Å². The van der Waals surface area contributed by atoms with Crippen LogP contribution in [0, 0.1) is 0 Å². The van der Waals surface area contributed by atoms with E-state index in [0.29, 0.717) is 5.92 Å². The number of rotatable bonds is 6. The van der Waals surface area contributed by atoms with Crippen molar-refractivity contribution in [1.29, 1.82) is 0 Å². The number of para-hydroxylation sites is 6. The molecular formula is C58H40N2O2. The topological polar surface area (TPSA) is 36.1 Å². The number of nitrogens with zero attached hydrogens (tertiary/aromatic N) is 2. The molecule has 0 aliphatic heterocycles. The van der Waals surface area contributed by atoms with E-state index in [2.05, 4.69) is 211 Å². The molecule has 0 saturated heterocycles. The van der Waals surface area contributed by atoms with E-state index in [-0.39, 0.29) is 0 Å². The van der Waals surface area contributed by atoms with Gasteiger partial charge in [0.15, 0.2) is 11.2 Å². The minimum atomic E-state index is 0.397. The lowest BCUT2D eigenvalue weighted by atomic mass is 9.89. The van der Waals surface area contributed by atoms with E-state index in [4.69, 9.17) is 8.83 Å². The molecule has 4 nitrogen and oxygen atoms in total. The van der Waals surface area contributed by atoms with Crippen LogP contribution in [0.3, 0.4) is 0 Å². The van der Waals surface area contributed by atoms with Crippen LogP contribution in [0.2, 0.25) is 0 Å². The normalized spacial score (nSPS) is 12.7. The average Bonchev–Trinajstić information content (AvgIpc) is 4.08. The highest BCUT2D eigenvalue weighted by atomic mass is 16.3. The summed E-state index contributed by atoms with van der Waals surface area (Å²) in [6.07, 6.45) is 1.05. The molecule has 4 heteroatoms. The van der Waals surface area contributed by atoms with Crippen molar-refractivity contribution < 1.29 is 8.83 Å². The molecule has 0 spiro atoms. The van der Waals surface area contributed by atoms with E-state index in [9.17, 15) is 0 Å².